The number of benzene rings is 1. The Labute approximate surface area is 96.5 Å². The first-order valence-corrected chi connectivity index (χ1v) is 5.41. The molecular weight excluding hydrogens is 212 g/mol. The van der Waals surface area contributed by atoms with Crippen molar-refractivity contribution in [3.05, 3.63) is 48.8 Å². The number of hydrogen-bond acceptors (Lipinski definition) is 3. The Balaban J connectivity index is 2.34. The van der Waals surface area contributed by atoms with Crippen LogP contribution >= 0.6 is 0 Å². The average Bonchev–Trinajstić information content (AvgIpc) is 2.78. The largest absolute Gasteiger partial charge is 0.235 e. The van der Waals surface area contributed by atoms with E-state index in [1.807, 2.05) is 36.5 Å². The van der Waals surface area contributed by atoms with E-state index in [4.69, 9.17) is 0 Å². The van der Waals surface area contributed by atoms with Gasteiger partial charge in [0, 0.05) is 17.0 Å². The first kappa shape index (κ1) is 8.64. The van der Waals surface area contributed by atoms with E-state index in [-0.39, 0.29) is 0 Å². The van der Waals surface area contributed by atoms with Crippen LogP contribution in [0.15, 0.2) is 48.8 Å². The van der Waals surface area contributed by atoms with Crippen LogP contribution in [0.25, 0.3) is 27.6 Å². The van der Waals surface area contributed by atoms with Gasteiger partial charge < -0.3 is 0 Å². The second-order valence-electron chi connectivity index (χ2n) is 3.93. The normalized spacial score (nSPS) is 11.5. The Morgan fingerprint density at radius 1 is 0.941 bits per heavy atom. The van der Waals surface area contributed by atoms with Gasteiger partial charge in [0.05, 0.1) is 6.20 Å². The van der Waals surface area contributed by atoms with E-state index in [1.165, 1.54) is 0 Å². The van der Waals surface area contributed by atoms with Crippen molar-refractivity contribution in [3.8, 4) is 0 Å². The summed E-state index contributed by atoms with van der Waals surface area (Å²) in [6.07, 6.45) is 3.60. The molecule has 0 unspecified atom stereocenters. The predicted octanol–water partition coefficient (Wildman–Crippen LogP) is 2.43. The summed E-state index contributed by atoms with van der Waals surface area (Å²) in [7, 11) is 0. The molecule has 17 heavy (non-hydrogen) atoms. The maximum atomic E-state index is 4.58. The molecule has 4 rings (SSSR count). The summed E-state index contributed by atoms with van der Waals surface area (Å²) in [6.45, 7) is 0. The fourth-order valence-electron chi connectivity index (χ4n) is 2.12. The van der Waals surface area contributed by atoms with E-state index in [0.717, 1.165) is 27.6 Å². The van der Waals surface area contributed by atoms with Gasteiger partial charge in [-0.05, 0) is 12.1 Å². The van der Waals surface area contributed by atoms with Crippen LogP contribution in [0.3, 0.4) is 0 Å². The molecule has 0 atom stereocenters. The van der Waals surface area contributed by atoms with Crippen LogP contribution < -0.4 is 0 Å². The van der Waals surface area contributed by atoms with Crippen molar-refractivity contribution in [2.24, 2.45) is 0 Å². The van der Waals surface area contributed by atoms with Crippen LogP contribution in [0.5, 0.6) is 0 Å². The van der Waals surface area contributed by atoms with Gasteiger partial charge in [-0.25, -0.2) is 9.97 Å². The molecule has 80 valence electrons. The van der Waals surface area contributed by atoms with Crippen LogP contribution in [0.2, 0.25) is 0 Å². The summed E-state index contributed by atoms with van der Waals surface area (Å²) in [5.41, 5.74) is 2.53. The van der Waals surface area contributed by atoms with Crippen molar-refractivity contribution in [3.63, 3.8) is 0 Å². The van der Waals surface area contributed by atoms with E-state index in [9.17, 15) is 0 Å². The zero-order valence-corrected chi connectivity index (χ0v) is 8.91. The van der Waals surface area contributed by atoms with Crippen LogP contribution in [0.4, 0.5) is 0 Å². The van der Waals surface area contributed by atoms with Crippen LogP contribution in [-0.2, 0) is 0 Å². The minimum absolute atomic E-state index is 0.799. The lowest BCUT2D eigenvalue weighted by Gasteiger charge is -1.98. The number of nitrogens with zero attached hydrogens (tertiary/aromatic N) is 4. The third kappa shape index (κ3) is 1.09. The lowest BCUT2D eigenvalue weighted by atomic mass is 10.2. The number of imidazole rings is 1. The lowest BCUT2D eigenvalue weighted by Crippen LogP contribution is -1.92. The fourth-order valence-corrected chi connectivity index (χ4v) is 2.12. The number of hydrogen-bond donors (Lipinski definition) is 0. The van der Waals surface area contributed by atoms with Gasteiger partial charge in [0.1, 0.15) is 5.52 Å². The first-order chi connectivity index (χ1) is 8.43. The predicted molar refractivity (Wildman–Crippen MR) is 65.8 cm³/mol. The summed E-state index contributed by atoms with van der Waals surface area (Å²) in [5.74, 6) is 0. The average molecular weight is 220 g/mol. The number of pyridine rings is 1. The highest BCUT2D eigenvalue weighted by atomic mass is 15.3. The number of rotatable bonds is 0. The maximum Gasteiger partial charge on any atom is 0.181 e. The molecule has 1 aromatic carbocycles. The summed E-state index contributed by atoms with van der Waals surface area (Å²) < 4.78 is 1.79. The highest BCUT2D eigenvalue weighted by Gasteiger charge is 2.08. The Morgan fingerprint density at radius 2 is 1.88 bits per heavy atom. The van der Waals surface area contributed by atoms with E-state index < -0.39 is 0 Å². The van der Waals surface area contributed by atoms with Crippen LogP contribution in [-0.4, -0.2) is 19.6 Å². The maximum absolute atomic E-state index is 4.58. The van der Waals surface area contributed by atoms with Gasteiger partial charge in [0.15, 0.2) is 11.3 Å². The zero-order chi connectivity index (χ0) is 11.2. The Kier molecular flexibility index (Phi) is 1.53. The van der Waals surface area contributed by atoms with Crippen molar-refractivity contribution >= 4 is 27.6 Å². The topological polar surface area (TPSA) is 43.1 Å². The monoisotopic (exact) mass is 220 g/mol. The highest BCUT2D eigenvalue weighted by molar-refractivity contribution is 5.96. The molecule has 0 spiro atoms. The van der Waals surface area contributed by atoms with Crippen molar-refractivity contribution in [1.82, 2.24) is 19.6 Å². The SMILES string of the molecule is c1ccc2c(c1)cnn1c3ncccc3nc21. The Morgan fingerprint density at radius 3 is 2.88 bits per heavy atom. The molecule has 0 amide bonds. The minimum Gasteiger partial charge on any atom is -0.235 e. The molecule has 4 nitrogen and oxygen atoms in total. The van der Waals surface area contributed by atoms with Gasteiger partial charge in [0.2, 0.25) is 0 Å². The highest BCUT2D eigenvalue weighted by Crippen LogP contribution is 2.20. The van der Waals surface area contributed by atoms with Crippen molar-refractivity contribution < 1.29 is 0 Å². The standard InChI is InChI=1S/C13H8N4/c1-2-5-10-9(4-1)8-15-17-12(10)16-11-6-3-7-14-13(11)17/h1-8H. The summed E-state index contributed by atoms with van der Waals surface area (Å²) in [6, 6.07) is 11.9. The van der Waals surface area contributed by atoms with Crippen molar-refractivity contribution in [2.75, 3.05) is 0 Å². The lowest BCUT2D eigenvalue weighted by molar-refractivity contribution is 0.963. The molecule has 0 aliphatic heterocycles. The Bertz CT molecular complexity index is 848. The molecule has 0 aliphatic carbocycles. The third-order valence-electron chi connectivity index (χ3n) is 2.91. The number of fused-ring (bicyclic) bond motifs is 5. The van der Waals surface area contributed by atoms with E-state index >= 15 is 0 Å². The quantitative estimate of drug-likeness (QED) is 0.457. The zero-order valence-electron chi connectivity index (χ0n) is 8.91. The molecular formula is C13H8N4. The Hall–Kier alpha value is -2.49. The van der Waals surface area contributed by atoms with Gasteiger partial charge in [-0.15, -0.1) is 0 Å². The summed E-state index contributed by atoms with van der Waals surface area (Å²) in [4.78, 5) is 8.90. The van der Waals surface area contributed by atoms with E-state index in [0.29, 0.717) is 0 Å². The van der Waals surface area contributed by atoms with Crippen molar-refractivity contribution in [1.29, 1.82) is 0 Å². The smallest absolute Gasteiger partial charge is 0.181 e. The molecule has 4 heteroatoms. The molecule has 0 radical (unpaired) electrons. The van der Waals surface area contributed by atoms with Crippen LogP contribution in [0.1, 0.15) is 0 Å². The van der Waals surface area contributed by atoms with E-state index in [1.54, 1.807) is 10.7 Å². The van der Waals surface area contributed by atoms with Gasteiger partial charge in [-0.2, -0.15) is 9.61 Å². The fraction of sp³-hybridized carbons (Fsp3) is 0. The number of aromatic nitrogens is 4. The summed E-state index contributed by atoms with van der Waals surface area (Å²) in [5, 5.41) is 6.58. The van der Waals surface area contributed by atoms with Gasteiger partial charge in [-0.1, -0.05) is 24.3 Å². The van der Waals surface area contributed by atoms with Crippen LogP contribution in [0, 0.1) is 0 Å². The van der Waals surface area contributed by atoms with Gasteiger partial charge in [0.25, 0.3) is 0 Å². The first-order valence-electron chi connectivity index (χ1n) is 5.41. The second kappa shape index (κ2) is 3.01. The summed E-state index contributed by atoms with van der Waals surface area (Å²) >= 11 is 0. The molecule has 0 aliphatic rings. The molecule has 3 aromatic heterocycles. The molecule has 0 bridgehead atoms. The molecule has 4 aromatic rings. The third-order valence-corrected chi connectivity index (χ3v) is 2.91. The van der Waals surface area contributed by atoms with Gasteiger partial charge in [-0.3, -0.25) is 0 Å². The van der Waals surface area contributed by atoms with Gasteiger partial charge >= 0.3 is 0 Å². The van der Waals surface area contributed by atoms with E-state index in [2.05, 4.69) is 21.1 Å². The molecule has 0 saturated carbocycles. The molecule has 0 fully saturated rings. The second-order valence-corrected chi connectivity index (χ2v) is 3.93. The molecule has 0 N–H and O–H groups in total. The molecule has 0 saturated heterocycles. The molecule has 3 heterocycles. The van der Waals surface area contributed by atoms with Crippen molar-refractivity contribution in [2.45, 2.75) is 0 Å². The minimum atomic E-state index is 0.799.